The highest BCUT2D eigenvalue weighted by Crippen LogP contribution is 2.40. The highest BCUT2D eigenvalue weighted by molar-refractivity contribution is 8.29. The van der Waals surface area contributed by atoms with Gasteiger partial charge in [0, 0.05) is 11.8 Å². The predicted molar refractivity (Wildman–Crippen MR) is 46.3 cm³/mol. The van der Waals surface area contributed by atoms with Crippen LogP contribution in [0.4, 0.5) is 0 Å². The molecule has 0 atom stereocenters. The van der Waals surface area contributed by atoms with Crippen molar-refractivity contribution in [1.29, 1.82) is 0 Å². The van der Waals surface area contributed by atoms with Crippen LogP contribution in [0.25, 0.3) is 0 Å². The second-order valence-corrected chi connectivity index (χ2v) is 5.95. The van der Waals surface area contributed by atoms with Gasteiger partial charge in [-0.3, -0.25) is 0 Å². The molecule has 0 bridgehead atoms. The first kappa shape index (κ1) is 9.56. The monoisotopic (exact) mass is 162 g/mol. The van der Waals surface area contributed by atoms with E-state index in [0.717, 1.165) is 5.75 Å². The molecule has 0 saturated carbocycles. The van der Waals surface area contributed by atoms with Gasteiger partial charge in [-0.05, 0) is 12.5 Å². The fourth-order valence-electron chi connectivity index (χ4n) is 0.315. The largest absolute Gasteiger partial charge is 0.413 e. The van der Waals surface area contributed by atoms with Gasteiger partial charge in [0.05, 0.1) is 0 Å². The minimum atomic E-state index is -1.15. The summed E-state index contributed by atoms with van der Waals surface area (Å²) in [6.07, 6.45) is 5.10. The average molecular weight is 162 g/mol. The quantitative estimate of drug-likeness (QED) is 0.591. The number of hydrogen-bond donors (Lipinski definition) is 0. The van der Waals surface area contributed by atoms with Crippen LogP contribution in [0.3, 0.4) is 0 Å². The van der Waals surface area contributed by atoms with Crippen LogP contribution >= 0.6 is 10.3 Å². The van der Waals surface area contributed by atoms with Crippen molar-refractivity contribution in [1.82, 2.24) is 0 Å². The number of carbonyl (C=O) groups excluding carboxylic acids is 1. The highest BCUT2D eigenvalue weighted by Gasteiger charge is 2.11. The van der Waals surface area contributed by atoms with Crippen LogP contribution in [0.5, 0.6) is 0 Å². The second-order valence-electron chi connectivity index (χ2n) is 2.33. The third kappa shape index (κ3) is 3.56. The summed E-state index contributed by atoms with van der Waals surface area (Å²) in [6.45, 7) is 5.32. The van der Waals surface area contributed by atoms with E-state index in [2.05, 4.69) is 6.58 Å². The maximum absolute atomic E-state index is 10.7. The molecule has 0 unspecified atom stereocenters. The van der Waals surface area contributed by atoms with Crippen molar-refractivity contribution in [2.45, 2.75) is 6.92 Å². The first-order valence-electron chi connectivity index (χ1n) is 3.08. The first-order valence-corrected chi connectivity index (χ1v) is 5.63. The maximum Gasteiger partial charge on any atom is 0.340 e. The summed E-state index contributed by atoms with van der Waals surface area (Å²) in [4.78, 5) is 10.7. The Kier molecular flexibility index (Phi) is 3.50. The third-order valence-corrected chi connectivity index (χ3v) is 3.18. The Morgan fingerprint density at radius 3 is 2.50 bits per heavy atom. The molecule has 0 aliphatic heterocycles. The Balaban J connectivity index is 3.87. The van der Waals surface area contributed by atoms with Gasteiger partial charge in [-0.1, -0.05) is 23.8 Å². The molecule has 0 aromatic rings. The van der Waals surface area contributed by atoms with Crippen molar-refractivity contribution in [2.75, 3.05) is 18.3 Å². The molecule has 60 valence electrons. The Morgan fingerprint density at radius 1 is 1.70 bits per heavy atom. The van der Waals surface area contributed by atoms with Gasteiger partial charge in [0.15, 0.2) is 0 Å². The third-order valence-electron chi connectivity index (χ3n) is 1.17. The van der Waals surface area contributed by atoms with Crippen molar-refractivity contribution in [3.8, 4) is 0 Å². The molecule has 0 aliphatic carbocycles. The maximum atomic E-state index is 10.7. The molecular formula is C7H14O2S. The van der Waals surface area contributed by atoms with E-state index < -0.39 is 10.3 Å². The second kappa shape index (κ2) is 3.66. The molecule has 0 aromatic carbocycles. The fourth-order valence-corrected chi connectivity index (χ4v) is 0.946. The molecule has 10 heavy (non-hydrogen) atoms. The smallest absolute Gasteiger partial charge is 0.340 e. The van der Waals surface area contributed by atoms with Gasteiger partial charge in [-0.25, -0.2) is 4.79 Å². The molecule has 0 radical (unpaired) electrons. The molecule has 0 heterocycles. The average Bonchev–Trinajstić information content (AvgIpc) is 1.87. The Morgan fingerprint density at radius 2 is 2.20 bits per heavy atom. The number of carbonyl (C=O) groups is 1. The van der Waals surface area contributed by atoms with Crippen LogP contribution in [0.2, 0.25) is 0 Å². The molecule has 0 aliphatic rings. The van der Waals surface area contributed by atoms with Crippen LogP contribution in [0.1, 0.15) is 6.92 Å². The lowest BCUT2D eigenvalue weighted by Gasteiger charge is -2.27. The van der Waals surface area contributed by atoms with Crippen molar-refractivity contribution in [3.63, 3.8) is 0 Å². The molecule has 0 aromatic heterocycles. The van der Waals surface area contributed by atoms with Crippen molar-refractivity contribution in [3.05, 3.63) is 12.7 Å². The van der Waals surface area contributed by atoms with Gasteiger partial charge in [-0.2, -0.15) is 0 Å². The molecule has 0 rings (SSSR count). The van der Waals surface area contributed by atoms with E-state index in [1.165, 1.54) is 6.08 Å². The van der Waals surface area contributed by atoms with Crippen molar-refractivity contribution < 1.29 is 8.98 Å². The van der Waals surface area contributed by atoms with Crippen LogP contribution in [0, 0.1) is 0 Å². The highest BCUT2D eigenvalue weighted by atomic mass is 32.3. The van der Waals surface area contributed by atoms with Crippen LogP contribution in [0.15, 0.2) is 12.7 Å². The van der Waals surface area contributed by atoms with E-state index in [0.29, 0.717) is 0 Å². The van der Waals surface area contributed by atoms with Crippen LogP contribution in [-0.4, -0.2) is 24.2 Å². The van der Waals surface area contributed by atoms with E-state index in [9.17, 15) is 4.79 Å². The standard InChI is InChI=1S/C7H14O2S/c1-5-7(8)9-10(3,4)6-2/h5H,1,6H2,2-4H3. The normalized spacial score (nSPS) is 12.3. The number of rotatable bonds is 3. The minimum Gasteiger partial charge on any atom is -0.413 e. The molecule has 2 nitrogen and oxygen atoms in total. The van der Waals surface area contributed by atoms with E-state index in [-0.39, 0.29) is 5.97 Å². The Hall–Kier alpha value is -0.440. The molecule has 0 N–H and O–H groups in total. The zero-order chi connectivity index (χ0) is 8.20. The van der Waals surface area contributed by atoms with Gasteiger partial charge < -0.3 is 4.18 Å². The predicted octanol–water partition coefficient (Wildman–Crippen LogP) is 1.71. The molecular weight excluding hydrogens is 148 g/mol. The summed E-state index contributed by atoms with van der Waals surface area (Å²) in [7, 11) is -1.15. The lowest BCUT2D eigenvalue weighted by Crippen LogP contribution is -2.08. The molecule has 0 amide bonds. The summed E-state index contributed by atoms with van der Waals surface area (Å²) in [5.41, 5.74) is 0. The molecule has 0 spiro atoms. The SMILES string of the molecule is C=CC(=O)OS(C)(C)CC. The van der Waals surface area contributed by atoms with Gasteiger partial charge in [0.2, 0.25) is 0 Å². The zero-order valence-electron chi connectivity index (χ0n) is 6.72. The van der Waals surface area contributed by atoms with E-state index in [1.807, 2.05) is 19.4 Å². The van der Waals surface area contributed by atoms with Crippen molar-refractivity contribution >= 4 is 16.3 Å². The Bertz CT molecular complexity index is 141. The molecule has 0 fully saturated rings. The molecule has 3 heteroatoms. The first-order chi connectivity index (χ1) is 4.52. The summed E-state index contributed by atoms with van der Waals surface area (Å²) in [6, 6.07) is 0. The fraction of sp³-hybridized carbons (Fsp3) is 0.571. The lowest BCUT2D eigenvalue weighted by atomic mass is 10.7. The summed E-state index contributed by atoms with van der Waals surface area (Å²) in [5.74, 6) is 0.578. The minimum absolute atomic E-state index is 0.318. The van der Waals surface area contributed by atoms with Gasteiger partial charge >= 0.3 is 5.97 Å². The summed E-state index contributed by atoms with van der Waals surface area (Å²) < 4.78 is 5.06. The van der Waals surface area contributed by atoms with Gasteiger partial charge in [0.25, 0.3) is 0 Å². The number of hydrogen-bond acceptors (Lipinski definition) is 2. The van der Waals surface area contributed by atoms with E-state index in [1.54, 1.807) is 0 Å². The molecule has 0 saturated heterocycles. The van der Waals surface area contributed by atoms with Gasteiger partial charge in [0.1, 0.15) is 0 Å². The van der Waals surface area contributed by atoms with Crippen LogP contribution < -0.4 is 0 Å². The van der Waals surface area contributed by atoms with Crippen molar-refractivity contribution in [2.24, 2.45) is 0 Å². The summed E-state index contributed by atoms with van der Waals surface area (Å²) in [5, 5.41) is 0. The Labute approximate surface area is 63.8 Å². The van der Waals surface area contributed by atoms with Crippen LogP contribution in [-0.2, 0) is 8.98 Å². The lowest BCUT2D eigenvalue weighted by molar-refractivity contribution is -0.128. The van der Waals surface area contributed by atoms with E-state index in [4.69, 9.17) is 4.18 Å². The topological polar surface area (TPSA) is 26.3 Å². The van der Waals surface area contributed by atoms with Gasteiger partial charge in [-0.15, -0.1) is 0 Å². The van der Waals surface area contributed by atoms with E-state index >= 15 is 0 Å². The summed E-state index contributed by atoms with van der Waals surface area (Å²) >= 11 is 0. The zero-order valence-corrected chi connectivity index (χ0v) is 7.53.